The Balaban J connectivity index is 1.98. The van der Waals surface area contributed by atoms with Gasteiger partial charge in [0.05, 0.1) is 17.7 Å². The zero-order valence-corrected chi connectivity index (χ0v) is 12.4. The first-order chi connectivity index (χ1) is 9.85. The van der Waals surface area contributed by atoms with Crippen LogP contribution in [-0.2, 0) is 9.53 Å². The van der Waals surface area contributed by atoms with Crippen LogP contribution in [0.2, 0.25) is 0 Å². The van der Waals surface area contributed by atoms with E-state index in [4.69, 9.17) is 10.5 Å². The smallest absolute Gasteiger partial charge is 0.334 e. The third kappa shape index (κ3) is 2.61. The fourth-order valence-electron chi connectivity index (χ4n) is 2.38. The van der Waals surface area contributed by atoms with E-state index >= 15 is 0 Å². The van der Waals surface area contributed by atoms with Gasteiger partial charge < -0.3 is 20.5 Å². The molecule has 0 aliphatic carbocycles. The third-order valence-corrected chi connectivity index (χ3v) is 3.91. The average Bonchev–Trinajstić information content (AvgIpc) is 2.85. The quantitative estimate of drug-likeness (QED) is 0.834. The number of thiazole rings is 1. The fraction of sp³-hybridized carbons (Fsp3) is 0.500. The lowest BCUT2D eigenvalue weighted by Gasteiger charge is -2.41. The van der Waals surface area contributed by atoms with Crippen molar-refractivity contribution in [2.45, 2.75) is 25.6 Å². The highest BCUT2D eigenvalue weighted by atomic mass is 32.1. The number of carboxylic acids is 1. The molecular formula is C12H15N5O3S. The summed E-state index contributed by atoms with van der Waals surface area (Å²) in [6.45, 7) is 4.34. The Kier molecular flexibility index (Phi) is 3.18. The first kappa shape index (κ1) is 14.0. The molecule has 0 aromatic carbocycles. The number of ether oxygens (including phenoxy) is 1. The summed E-state index contributed by atoms with van der Waals surface area (Å²) in [5, 5.41) is 9.20. The normalized spacial score (nSPS) is 21.6. The molecule has 2 aromatic heterocycles. The van der Waals surface area contributed by atoms with Crippen molar-refractivity contribution in [3.8, 4) is 0 Å². The van der Waals surface area contributed by atoms with Gasteiger partial charge >= 0.3 is 5.97 Å². The molecule has 1 fully saturated rings. The second-order valence-corrected chi connectivity index (χ2v) is 6.33. The molecule has 0 spiro atoms. The van der Waals surface area contributed by atoms with Crippen LogP contribution >= 0.6 is 11.3 Å². The van der Waals surface area contributed by atoms with Crippen molar-refractivity contribution in [2.75, 3.05) is 23.7 Å². The Morgan fingerprint density at radius 2 is 2.33 bits per heavy atom. The Hall–Kier alpha value is -2.00. The largest absolute Gasteiger partial charge is 0.479 e. The van der Waals surface area contributed by atoms with Gasteiger partial charge in [0.25, 0.3) is 0 Å². The van der Waals surface area contributed by atoms with Crippen LogP contribution in [0.5, 0.6) is 0 Å². The number of carbonyl (C=O) groups is 1. The van der Waals surface area contributed by atoms with E-state index in [9.17, 15) is 9.90 Å². The molecular weight excluding hydrogens is 294 g/mol. The van der Waals surface area contributed by atoms with E-state index in [2.05, 4.69) is 15.0 Å². The second-order valence-electron chi connectivity index (χ2n) is 5.50. The van der Waals surface area contributed by atoms with Crippen molar-refractivity contribution < 1.29 is 14.6 Å². The fourth-order valence-corrected chi connectivity index (χ4v) is 3.04. The number of rotatable bonds is 2. The number of aromatic nitrogens is 3. The molecule has 0 saturated carbocycles. The summed E-state index contributed by atoms with van der Waals surface area (Å²) in [5.41, 5.74) is 7.51. The van der Waals surface area contributed by atoms with Crippen LogP contribution in [0.15, 0.2) is 5.51 Å². The number of hydrogen-bond acceptors (Lipinski definition) is 8. The molecule has 3 N–H and O–H groups in total. The van der Waals surface area contributed by atoms with Crippen LogP contribution in [0.3, 0.4) is 0 Å². The molecule has 3 heterocycles. The number of nitrogens with two attached hydrogens (primary N) is 1. The molecule has 0 amide bonds. The highest BCUT2D eigenvalue weighted by Crippen LogP contribution is 2.27. The van der Waals surface area contributed by atoms with Crippen molar-refractivity contribution >= 4 is 39.4 Å². The minimum absolute atomic E-state index is 0.183. The highest BCUT2D eigenvalue weighted by Gasteiger charge is 2.38. The van der Waals surface area contributed by atoms with Crippen LogP contribution in [-0.4, -0.2) is 50.8 Å². The average molecular weight is 309 g/mol. The number of fused-ring (bicyclic) bond motifs is 1. The number of anilines is 2. The minimum Gasteiger partial charge on any atom is -0.479 e. The van der Waals surface area contributed by atoms with E-state index in [0.717, 1.165) is 0 Å². The molecule has 1 unspecified atom stereocenters. The predicted octanol–water partition coefficient (Wildman–Crippen LogP) is 0.737. The molecule has 1 aliphatic rings. The number of aliphatic carboxylic acids is 1. The summed E-state index contributed by atoms with van der Waals surface area (Å²) in [7, 11) is 0. The van der Waals surface area contributed by atoms with Gasteiger partial charge in [-0.2, -0.15) is 9.97 Å². The van der Waals surface area contributed by atoms with Gasteiger partial charge in [-0.25, -0.2) is 9.78 Å². The van der Waals surface area contributed by atoms with Gasteiger partial charge in [0, 0.05) is 6.54 Å². The molecule has 21 heavy (non-hydrogen) atoms. The maximum Gasteiger partial charge on any atom is 0.334 e. The minimum atomic E-state index is -1.00. The van der Waals surface area contributed by atoms with Crippen molar-refractivity contribution in [3.05, 3.63) is 5.51 Å². The van der Waals surface area contributed by atoms with Crippen molar-refractivity contribution in [1.29, 1.82) is 0 Å². The number of morpholine rings is 1. The number of hydrogen-bond donors (Lipinski definition) is 2. The molecule has 1 aliphatic heterocycles. The molecule has 9 heteroatoms. The highest BCUT2D eigenvalue weighted by molar-refractivity contribution is 7.16. The van der Waals surface area contributed by atoms with Crippen LogP contribution in [0.1, 0.15) is 13.8 Å². The van der Waals surface area contributed by atoms with E-state index < -0.39 is 17.7 Å². The maximum absolute atomic E-state index is 11.2. The molecule has 2 aromatic rings. The number of nitrogens with zero attached hydrogens (tertiary/aromatic N) is 4. The Morgan fingerprint density at radius 3 is 3.05 bits per heavy atom. The molecule has 0 bridgehead atoms. The van der Waals surface area contributed by atoms with Crippen molar-refractivity contribution in [3.63, 3.8) is 0 Å². The molecule has 3 rings (SSSR count). The Morgan fingerprint density at radius 1 is 1.57 bits per heavy atom. The SMILES string of the molecule is CC1(C)CN(c2nc(N)c3ncsc3n2)CC(C(=O)O)O1. The molecule has 112 valence electrons. The Bertz CT molecular complexity index is 701. The summed E-state index contributed by atoms with van der Waals surface area (Å²) in [5.74, 6) is -0.293. The molecule has 1 saturated heterocycles. The number of nitrogen functional groups attached to an aromatic ring is 1. The van der Waals surface area contributed by atoms with E-state index in [1.54, 1.807) is 10.4 Å². The Labute approximate surface area is 124 Å². The first-order valence-electron chi connectivity index (χ1n) is 6.38. The summed E-state index contributed by atoms with van der Waals surface area (Å²) in [6, 6.07) is 0. The van der Waals surface area contributed by atoms with Crippen molar-refractivity contribution in [1.82, 2.24) is 15.0 Å². The lowest BCUT2D eigenvalue weighted by Crippen LogP contribution is -2.55. The summed E-state index contributed by atoms with van der Waals surface area (Å²) in [4.78, 5) is 26.5. The maximum atomic E-state index is 11.2. The zero-order chi connectivity index (χ0) is 15.2. The van der Waals surface area contributed by atoms with E-state index in [0.29, 0.717) is 28.7 Å². The number of carboxylic acid groups (broad SMARTS) is 1. The second kappa shape index (κ2) is 4.78. The standard InChI is InChI=1S/C12H15N5O3S/c1-12(2)4-17(3-6(20-12)10(18)19)11-15-8(13)7-9(16-11)21-5-14-7/h5-6H,3-4H2,1-2H3,(H,18,19)(H2,13,15,16). The van der Waals surface area contributed by atoms with Crippen LogP contribution in [0, 0.1) is 0 Å². The molecule has 8 nitrogen and oxygen atoms in total. The predicted molar refractivity (Wildman–Crippen MR) is 78.4 cm³/mol. The van der Waals surface area contributed by atoms with Crippen LogP contribution in [0.25, 0.3) is 10.3 Å². The van der Waals surface area contributed by atoms with Gasteiger partial charge in [-0.3, -0.25) is 0 Å². The van der Waals surface area contributed by atoms with E-state index in [-0.39, 0.29) is 6.54 Å². The van der Waals surface area contributed by atoms with Gasteiger partial charge in [-0.15, -0.1) is 11.3 Å². The summed E-state index contributed by atoms with van der Waals surface area (Å²) < 4.78 is 5.55. The lowest BCUT2D eigenvalue weighted by atomic mass is 10.1. The van der Waals surface area contributed by atoms with Gasteiger partial charge in [0.1, 0.15) is 5.52 Å². The van der Waals surface area contributed by atoms with Crippen molar-refractivity contribution in [2.24, 2.45) is 0 Å². The summed E-state index contributed by atoms with van der Waals surface area (Å²) in [6.07, 6.45) is -0.921. The van der Waals surface area contributed by atoms with Gasteiger partial charge in [0.15, 0.2) is 16.8 Å². The van der Waals surface area contributed by atoms with E-state index in [1.807, 2.05) is 13.8 Å². The topological polar surface area (TPSA) is 114 Å². The summed E-state index contributed by atoms with van der Waals surface area (Å²) >= 11 is 1.37. The lowest BCUT2D eigenvalue weighted by molar-refractivity contribution is -0.163. The van der Waals surface area contributed by atoms with Gasteiger partial charge in [-0.05, 0) is 13.8 Å². The van der Waals surface area contributed by atoms with Gasteiger partial charge in [0.2, 0.25) is 5.95 Å². The monoisotopic (exact) mass is 309 g/mol. The third-order valence-electron chi connectivity index (χ3n) is 3.19. The zero-order valence-electron chi connectivity index (χ0n) is 11.6. The van der Waals surface area contributed by atoms with Crippen LogP contribution < -0.4 is 10.6 Å². The van der Waals surface area contributed by atoms with Crippen LogP contribution in [0.4, 0.5) is 11.8 Å². The molecule has 1 atom stereocenters. The van der Waals surface area contributed by atoms with E-state index in [1.165, 1.54) is 11.3 Å². The first-order valence-corrected chi connectivity index (χ1v) is 7.26. The van der Waals surface area contributed by atoms with Gasteiger partial charge in [-0.1, -0.05) is 0 Å². The molecule has 0 radical (unpaired) electrons.